The number of anilines is 1. The van der Waals surface area contributed by atoms with Crippen LogP contribution in [-0.4, -0.2) is 28.6 Å². The number of hydrogen-bond acceptors (Lipinski definition) is 5. The number of nitrogens with two attached hydrogens (primary N) is 1. The van der Waals surface area contributed by atoms with Crippen LogP contribution in [-0.2, 0) is 17.7 Å². The quantitative estimate of drug-likeness (QED) is 0.507. The molecule has 3 aromatic heterocycles. The number of ether oxygens (including phenoxy) is 1. The summed E-state index contributed by atoms with van der Waals surface area (Å²) in [6.45, 7) is 1.76. The highest BCUT2D eigenvalue weighted by atomic mass is 35.5. The van der Waals surface area contributed by atoms with Gasteiger partial charge >= 0.3 is 6.36 Å². The van der Waals surface area contributed by atoms with Gasteiger partial charge in [0.15, 0.2) is 5.15 Å². The van der Waals surface area contributed by atoms with Crippen LogP contribution >= 0.6 is 23.2 Å². The van der Waals surface area contributed by atoms with Gasteiger partial charge in [-0.15, -0.1) is 13.2 Å². The van der Waals surface area contributed by atoms with Crippen molar-refractivity contribution in [1.82, 2.24) is 9.61 Å². The molecule has 0 saturated carbocycles. The number of aromatic nitrogens is 2. The molecule has 3 aromatic rings. The van der Waals surface area contributed by atoms with Gasteiger partial charge in [-0.25, -0.2) is 4.52 Å². The first-order chi connectivity index (χ1) is 13.7. The van der Waals surface area contributed by atoms with Gasteiger partial charge < -0.3 is 15.5 Å². The third-order valence-electron chi connectivity index (χ3n) is 4.42. The molecule has 0 aliphatic heterocycles. The second-order valence-corrected chi connectivity index (χ2v) is 7.26. The van der Waals surface area contributed by atoms with Crippen molar-refractivity contribution in [1.29, 1.82) is 0 Å². The van der Waals surface area contributed by atoms with E-state index in [1.807, 2.05) is 13.0 Å². The Balaban J connectivity index is 1.82. The van der Waals surface area contributed by atoms with Crippen LogP contribution < -0.4 is 11.1 Å². The lowest BCUT2D eigenvalue weighted by Crippen LogP contribution is -2.26. The van der Waals surface area contributed by atoms with E-state index in [2.05, 4.69) is 15.2 Å². The van der Waals surface area contributed by atoms with Crippen molar-refractivity contribution in [2.24, 2.45) is 5.73 Å². The number of fused-ring (bicyclic) bond motifs is 1. The average Bonchev–Trinajstić information content (AvgIpc) is 3.22. The van der Waals surface area contributed by atoms with Gasteiger partial charge in [-0.2, -0.15) is 5.10 Å². The minimum atomic E-state index is -4.67. The summed E-state index contributed by atoms with van der Waals surface area (Å²) in [6, 6.07) is 4.72. The van der Waals surface area contributed by atoms with Crippen LogP contribution in [0, 0.1) is 6.92 Å². The molecule has 0 radical (unpaired) electrons. The van der Waals surface area contributed by atoms with Crippen molar-refractivity contribution < 1.29 is 22.3 Å². The van der Waals surface area contributed by atoms with E-state index < -0.39 is 19.0 Å². The van der Waals surface area contributed by atoms with Crippen LogP contribution in [0.25, 0.3) is 5.52 Å². The van der Waals surface area contributed by atoms with E-state index in [4.69, 9.17) is 33.4 Å². The first-order valence-corrected chi connectivity index (χ1v) is 9.50. The predicted molar refractivity (Wildman–Crippen MR) is 104 cm³/mol. The third-order valence-corrected chi connectivity index (χ3v) is 5.00. The minimum Gasteiger partial charge on any atom is -0.467 e. The fraction of sp³-hybridized carbons (Fsp3) is 0.389. The molecule has 0 fully saturated rings. The minimum absolute atomic E-state index is 0.0270. The molecule has 3 rings (SSSR count). The maximum Gasteiger partial charge on any atom is 0.522 e. The van der Waals surface area contributed by atoms with Crippen molar-refractivity contribution in [2.45, 2.75) is 38.7 Å². The first kappa shape index (κ1) is 21.8. The van der Waals surface area contributed by atoms with Crippen molar-refractivity contribution in [3.8, 4) is 0 Å². The van der Waals surface area contributed by atoms with Crippen molar-refractivity contribution in [2.75, 3.05) is 11.9 Å². The zero-order valence-corrected chi connectivity index (χ0v) is 16.9. The Hall–Kier alpha value is -1.94. The van der Waals surface area contributed by atoms with Crippen molar-refractivity contribution >= 4 is 34.4 Å². The van der Waals surface area contributed by atoms with Gasteiger partial charge in [0.25, 0.3) is 0 Å². The number of furan rings is 1. The fourth-order valence-corrected chi connectivity index (χ4v) is 3.59. The highest BCUT2D eigenvalue weighted by Gasteiger charge is 2.29. The van der Waals surface area contributed by atoms with Crippen LogP contribution in [0.3, 0.4) is 0 Å². The van der Waals surface area contributed by atoms with Gasteiger partial charge in [-0.3, -0.25) is 4.74 Å². The molecule has 158 valence electrons. The standard InChI is InChI=1S/C18H19Cl2F3N4O2/c1-10-13(7-11(24)4-6-29-18(21,22)23)17(20)27-16(10)14(8-15(19)26-27)25-9-12-3-2-5-28-12/h2-3,5,8,11,25H,4,6-7,9,24H2,1H3/t11-/m0/s1. The molecule has 29 heavy (non-hydrogen) atoms. The Morgan fingerprint density at radius 3 is 2.79 bits per heavy atom. The normalized spacial score (nSPS) is 13.2. The first-order valence-electron chi connectivity index (χ1n) is 8.74. The molecule has 3 heterocycles. The monoisotopic (exact) mass is 450 g/mol. The molecule has 0 bridgehead atoms. The lowest BCUT2D eigenvalue weighted by molar-refractivity contribution is -0.324. The summed E-state index contributed by atoms with van der Waals surface area (Å²) in [5.41, 5.74) is 8.91. The Kier molecular flexibility index (Phi) is 6.62. The maximum absolute atomic E-state index is 12.1. The SMILES string of the molecule is Cc1c(C[C@@H](N)CCOC(F)(F)F)c(Cl)n2nc(Cl)cc(NCc3ccco3)c12. The van der Waals surface area contributed by atoms with Crippen LogP contribution in [0.2, 0.25) is 10.3 Å². The van der Waals surface area contributed by atoms with Gasteiger partial charge in [0.05, 0.1) is 30.6 Å². The zero-order chi connectivity index (χ0) is 21.2. The number of halogens is 5. The van der Waals surface area contributed by atoms with Gasteiger partial charge in [0, 0.05) is 12.1 Å². The highest BCUT2D eigenvalue weighted by molar-refractivity contribution is 6.32. The molecule has 11 heteroatoms. The van der Waals surface area contributed by atoms with Crippen molar-refractivity contribution in [3.63, 3.8) is 0 Å². The summed E-state index contributed by atoms with van der Waals surface area (Å²) in [7, 11) is 0. The second-order valence-electron chi connectivity index (χ2n) is 6.52. The van der Waals surface area contributed by atoms with E-state index >= 15 is 0 Å². The number of nitrogens with one attached hydrogen (secondary N) is 1. The van der Waals surface area contributed by atoms with Gasteiger partial charge in [-0.05, 0) is 43.0 Å². The lowest BCUT2D eigenvalue weighted by Gasteiger charge is -2.13. The van der Waals surface area contributed by atoms with Gasteiger partial charge in [-0.1, -0.05) is 23.2 Å². The van der Waals surface area contributed by atoms with E-state index in [0.717, 1.165) is 11.3 Å². The summed E-state index contributed by atoms with van der Waals surface area (Å²) in [5.74, 6) is 0.735. The summed E-state index contributed by atoms with van der Waals surface area (Å²) < 4.78 is 47.0. The largest absolute Gasteiger partial charge is 0.522 e. The molecule has 0 aromatic carbocycles. The molecule has 0 unspecified atom stereocenters. The van der Waals surface area contributed by atoms with Crippen LogP contribution in [0.15, 0.2) is 28.9 Å². The number of rotatable bonds is 8. The Morgan fingerprint density at radius 2 is 2.14 bits per heavy atom. The maximum atomic E-state index is 12.1. The highest BCUT2D eigenvalue weighted by Crippen LogP contribution is 2.33. The molecule has 0 amide bonds. The topological polar surface area (TPSA) is 77.7 Å². The number of aryl methyl sites for hydroxylation is 1. The van der Waals surface area contributed by atoms with Crippen LogP contribution in [0.4, 0.5) is 18.9 Å². The summed E-state index contributed by atoms with van der Waals surface area (Å²) in [4.78, 5) is 0. The van der Waals surface area contributed by atoms with Gasteiger partial charge in [0.1, 0.15) is 10.9 Å². The third kappa shape index (κ3) is 5.36. The Labute approximate surface area is 174 Å². The van der Waals surface area contributed by atoms with E-state index in [-0.39, 0.29) is 18.0 Å². The molecule has 0 saturated heterocycles. The number of alkyl halides is 3. The predicted octanol–water partition coefficient (Wildman–Crippen LogP) is 4.95. The van der Waals surface area contributed by atoms with Crippen LogP contribution in [0.5, 0.6) is 0 Å². The van der Waals surface area contributed by atoms with E-state index in [1.54, 1.807) is 18.4 Å². The molecule has 6 nitrogen and oxygen atoms in total. The molecule has 0 aliphatic rings. The van der Waals surface area contributed by atoms with E-state index in [9.17, 15) is 13.2 Å². The van der Waals surface area contributed by atoms with Gasteiger partial charge in [0.2, 0.25) is 0 Å². The summed E-state index contributed by atoms with van der Waals surface area (Å²) in [6.07, 6.45) is -2.80. The van der Waals surface area contributed by atoms with Crippen molar-refractivity contribution in [3.05, 3.63) is 51.7 Å². The van der Waals surface area contributed by atoms with E-state index in [0.29, 0.717) is 28.5 Å². The fourth-order valence-electron chi connectivity index (χ4n) is 3.06. The summed E-state index contributed by atoms with van der Waals surface area (Å²) >= 11 is 12.6. The zero-order valence-electron chi connectivity index (χ0n) is 15.4. The molecular formula is C18H19Cl2F3N4O2. The molecule has 1 atom stereocenters. The Bertz CT molecular complexity index is 974. The smallest absolute Gasteiger partial charge is 0.467 e. The molecule has 0 spiro atoms. The van der Waals surface area contributed by atoms with Crippen LogP contribution in [0.1, 0.15) is 23.3 Å². The molecule has 0 aliphatic carbocycles. The number of nitrogens with zero attached hydrogens (tertiary/aromatic N) is 2. The molecule has 3 N–H and O–H groups in total. The van der Waals surface area contributed by atoms with E-state index in [1.165, 1.54) is 4.52 Å². The summed E-state index contributed by atoms with van der Waals surface area (Å²) in [5, 5.41) is 8.02. The second kappa shape index (κ2) is 8.83. The number of hydrogen-bond donors (Lipinski definition) is 2. The molecular weight excluding hydrogens is 432 g/mol. The Morgan fingerprint density at radius 1 is 1.38 bits per heavy atom. The average molecular weight is 451 g/mol. The lowest BCUT2D eigenvalue weighted by atomic mass is 10.0.